The van der Waals surface area contributed by atoms with E-state index in [1.165, 1.54) is 11.1 Å². The van der Waals surface area contributed by atoms with Crippen molar-refractivity contribution in [2.75, 3.05) is 20.2 Å². The van der Waals surface area contributed by atoms with Gasteiger partial charge in [0.15, 0.2) is 0 Å². The van der Waals surface area contributed by atoms with Crippen LogP contribution in [0.3, 0.4) is 0 Å². The standard InChI is InChI=1S/C13H19NO3/c1-9-7-12(17-3)10(2)6-11(9)4-5-14-8-13(15)16/h6-7,14H,4-5,8H2,1-3H3,(H,15,16). The molecule has 17 heavy (non-hydrogen) atoms. The summed E-state index contributed by atoms with van der Waals surface area (Å²) in [6.07, 6.45) is 0.823. The highest BCUT2D eigenvalue weighted by Gasteiger charge is 2.04. The Morgan fingerprint density at radius 3 is 2.65 bits per heavy atom. The van der Waals surface area contributed by atoms with Crippen LogP contribution in [-0.4, -0.2) is 31.3 Å². The van der Waals surface area contributed by atoms with Crippen LogP contribution in [0.5, 0.6) is 5.75 Å². The Balaban J connectivity index is 2.59. The summed E-state index contributed by atoms with van der Waals surface area (Å²) in [5.74, 6) is 0.0670. The fourth-order valence-electron chi connectivity index (χ4n) is 1.76. The van der Waals surface area contributed by atoms with Crippen LogP contribution >= 0.6 is 0 Å². The van der Waals surface area contributed by atoms with E-state index in [4.69, 9.17) is 9.84 Å². The number of aryl methyl sites for hydroxylation is 2. The molecule has 0 spiro atoms. The van der Waals surface area contributed by atoms with Gasteiger partial charge in [0.25, 0.3) is 0 Å². The van der Waals surface area contributed by atoms with Crippen molar-refractivity contribution in [1.29, 1.82) is 0 Å². The third-order valence-corrected chi connectivity index (χ3v) is 2.70. The maximum Gasteiger partial charge on any atom is 0.317 e. The lowest BCUT2D eigenvalue weighted by molar-refractivity contribution is -0.135. The molecule has 0 saturated heterocycles. The van der Waals surface area contributed by atoms with Gasteiger partial charge in [-0.1, -0.05) is 6.07 Å². The van der Waals surface area contributed by atoms with Crippen LogP contribution in [0.15, 0.2) is 12.1 Å². The van der Waals surface area contributed by atoms with Crippen molar-refractivity contribution in [1.82, 2.24) is 5.32 Å². The first-order chi connectivity index (χ1) is 8.04. The summed E-state index contributed by atoms with van der Waals surface area (Å²) in [7, 11) is 1.66. The van der Waals surface area contributed by atoms with Gasteiger partial charge < -0.3 is 15.2 Å². The minimum absolute atomic E-state index is 0.00812. The number of carboxylic acids is 1. The summed E-state index contributed by atoms with van der Waals surface area (Å²) in [6.45, 7) is 4.72. The number of ether oxygens (including phenoxy) is 1. The van der Waals surface area contributed by atoms with Crippen molar-refractivity contribution in [2.45, 2.75) is 20.3 Å². The van der Waals surface area contributed by atoms with Crippen LogP contribution in [0.1, 0.15) is 16.7 Å². The molecule has 1 aromatic carbocycles. The summed E-state index contributed by atoms with van der Waals surface area (Å²) < 4.78 is 5.24. The molecule has 4 heteroatoms. The predicted octanol–water partition coefficient (Wildman–Crippen LogP) is 1.53. The molecular formula is C13H19NO3. The average molecular weight is 237 g/mol. The third-order valence-electron chi connectivity index (χ3n) is 2.70. The number of carbonyl (C=O) groups is 1. The van der Waals surface area contributed by atoms with E-state index in [0.717, 1.165) is 17.7 Å². The van der Waals surface area contributed by atoms with Gasteiger partial charge in [0.1, 0.15) is 5.75 Å². The quantitative estimate of drug-likeness (QED) is 0.737. The first-order valence-electron chi connectivity index (χ1n) is 5.61. The summed E-state index contributed by atoms with van der Waals surface area (Å²) in [5.41, 5.74) is 3.50. The molecule has 0 saturated carbocycles. The fraction of sp³-hybridized carbons (Fsp3) is 0.462. The van der Waals surface area contributed by atoms with Gasteiger partial charge in [-0.25, -0.2) is 0 Å². The molecular weight excluding hydrogens is 218 g/mol. The highest BCUT2D eigenvalue weighted by atomic mass is 16.5. The molecule has 0 bridgehead atoms. The number of carboxylic acid groups (broad SMARTS) is 1. The smallest absolute Gasteiger partial charge is 0.317 e. The third kappa shape index (κ3) is 4.07. The van der Waals surface area contributed by atoms with Gasteiger partial charge in [-0.2, -0.15) is 0 Å². The number of aliphatic carboxylic acids is 1. The second-order valence-electron chi connectivity index (χ2n) is 4.07. The SMILES string of the molecule is COc1cc(C)c(CCNCC(=O)O)cc1C. The van der Waals surface area contributed by atoms with Crippen LogP contribution in [0.2, 0.25) is 0 Å². The molecule has 0 aromatic heterocycles. The van der Waals surface area contributed by atoms with Gasteiger partial charge in [0, 0.05) is 0 Å². The summed E-state index contributed by atoms with van der Waals surface area (Å²) in [5, 5.41) is 11.4. The summed E-state index contributed by atoms with van der Waals surface area (Å²) >= 11 is 0. The van der Waals surface area contributed by atoms with Gasteiger partial charge in [0.2, 0.25) is 0 Å². The normalized spacial score (nSPS) is 10.3. The zero-order valence-corrected chi connectivity index (χ0v) is 10.5. The van der Waals surface area contributed by atoms with E-state index in [0.29, 0.717) is 6.54 Å². The van der Waals surface area contributed by atoms with Gasteiger partial charge in [-0.05, 0) is 49.6 Å². The first kappa shape index (κ1) is 13.5. The van der Waals surface area contributed by atoms with E-state index in [2.05, 4.69) is 11.4 Å². The molecule has 0 unspecified atom stereocenters. The second-order valence-corrected chi connectivity index (χ2v) is 4.07. The van der Waals surface area contributed by atoms with Crippen LogP contribution in [0, 0.1) is 13.8 Å². The van der Waals surface area contributed by atoms with Crippen molar-refractivity contribution in [3.8, 4) is 5.75 Å². The molecule has 0 atom stereocenters. The minimum atomic E-state index is -0.826. The maximum atomic E-state index is 10.3. The molecule has 0 radical (unpaired) electrons. The Morgan fingerprint density at radius 1 is 1.35 bits per heavy atom. The molecule has 0 fully saturated rings. The van der Waals surface area contributed by atoms with E-state index < -0.39 is 5.97 Å². The number of hydrogen-bond donors (Lipinski definition) is 2. The lowest BCUT2D eigenvalue weighted by Gasteiger charge is -2.11. The van der Waals surface area contributed by atoms with Crippen LogP contribution in [0.25, 0.3) is 0 Å². The Hall–Kier alpha value is -1.55. The van der Waals surface area contributed by atoms with Crippen LogP contribution in [0.4, 0.5) is 0 Å². The lowest BCUT2D eigenvalue weighted by Crippen LogP contribution is -2.24. The van der Waals surface area contributed by atoms with E-state index in [-0.39, 0.29) is 6.54 Å². The molecule has 4 nitrogen and oxygen atoms in total. The van der Waals surface area contributed by atoms with Crippen molar-refractivity contribution in [3.05, 3.63) is 28.8 Å². The Kier molecular flexibility index (Phi) is 4.97. The number of methoxy groups -OCH3 is 1. The van der Waals surface area contributed by atoms with Crippen molar-refractivity contribution in [2.24, 2.45) is 0 Å². The number of benzene rings is 1. The monoisotopic (exact) mass is 237 g/mol. The van der Waals surface area contributed by atoms with Crippen LogP contribution in [-0.2, 0) is 11.2 Å². The van der Waals surface area contributed by atoms with Crippen molar-refractivity contribution < 1.29 is 14.6 Å². The van der Waals surface area contributed by atoms with Crippen LogP contribution < -0.4 is 10.1 Å². The molecule has 0 aliphatic heterocycles. The van der Waals surface area contributed by atoms with E-state index in [9.17, 15) is 4.79 Å². The van der Waals surface area contributed by atoms with Crippen molar-refractivity contribution >= 4 is 5.97 Å². The second kappa shape index (κ2) is 6.25. The molecule has 2 N–H and O–H groups in total. The Morgan fingerprint density at radius 2 is 2.06 bits per heavy atom. The van der Waals surface area contributed by atoms with E-state index in [1.54, 1.807) is 7.11 Å². The van der Waals surface area contributed by atoms with Gasteiger partial charge in [0.05, 0.1) is 13.7 Å². The fourth-order valence-corrected chi connectivity index (χ4v) is 1.76. The molecule has 0 amide bonds. The number of nitrogens with one attached hydrogen (secondary N) is 1. The molecule has 1 aromatic rings. The summed E-state index contributed by atoms with van der Waals surface area (Å²) in [4.78, 5) is 10.3. The maximum absolute atomic E-state index is 10.3. The predicted molar refractivity (Wildman–Crippen MR) is 66.7 cm³/mol. The summed E-state index contributed by atoms with van der Waals surface area (Å²) in [6, 6.07) is 4.11. The molecule has 0 aliphatic rings. The lowest BCUT2D eigenvalue weighted by atomic mass is 10.0. The molecule has 0 heterocycles. The van der Waals surface area contributed by atoms with Gasteiger partial charge >= 0.3 is 5.97 Å². The molecule has 1 rings (SSSR count). The number of hydrogen-bond acceptors (Lipinski definition) is 3. The van der Waals surface area contributed by atoms with E-state index >= 15 is 0 Å². The highest BCUT2D eigenvalue weighted by Crippen LogP contribution is 2.22. The van der Waals surface area contributed by atoms with Gasteiger partial charge in [-0.3, -0.25) is 4.79 Å². The van der Waals surface area contributed by atoms with Crippen molar-refractivity contribution in [3.63, 3.8) is 0 Å². The zero-order chi connectivity index (χ0) is 12.8. The molecule has 0 aliphatic carbocycles. The average Bonchev–Trinajstić information content (AvgIpc) is 2.28. The van der Waals surface area contributed by atoms with E-state index in [1.807, 2.05) is 19.9 Å². The Bertz CT molecular complexity index is 402. The largest absolute Gasteiger partial charge is 0.496 e. The highest BCUT2D eigenvalue weighted by molar-refractivity contribution is 5.68. The zero-order valence-electron chi connectivity index (χ0n) is 10.5. The minimum Gasteiger partial charge on any atom is -0.496 e. The number of rotatable bonds is 6. The topological polar surface area (TPSA) is 58.6 Å². The molecule has 94 valence electrons. The first-order valence-corrected chi connectivity index (χ1v) is 5.61. The van der Waals surface area contributed by atoms with Gasteiger partial charge in [-0.15, -0.1) is 0 Å². The Labute approximate surface area is 102 Å².